The van der Waals surface area contributed by atoms with Crippen LogP contribution in [0.1, 0.15) is 12.6 Å². The van der Waals surface area contributed by atoms with Crippen molar-refractivity contribution in [2.75, 3.05) is 5.75 Å². The second-order valence-corrected chi connectivity index (χ2v) is 4.92. The van der Waals surface area contributed by atoms with Gasteiger partial charge in [0.15, 0.2) is 4.96 Å². The van der Waals surface area contributed by atoms with E-state index in [0.29, 0.717) is 0 Å². The fraction of sp³-hybridized carbons (Fsp3) is 0.273. The summed E-state index contributed by atoms with van der Waals surface area (Å²) in [6.07, 6.45) is 1.74. The van der Waals surface area contributed by atoms with E-state index in [1.165, 1.54) is 11.3 Å². The first kappa shape index (κ1) is 11.2. The monoisotopic (exact) mass is 250 g/mol. The van der Waals surface area contributed by atoms with Gasteiger partial charge in [-0.3, -0.25) is 9.20 Å². The molecule has 2 aromatic heterocycles. The van der Waals surface area contributed by atoms with Gasteiger partial charge in [0.1, 0.15) is 0 Å². The fourth-order valence-electron chi connectivity index (χ4n) is 1.24. The molecule has 5 heteroatoms. The van der Waals surface area contributed by atoms with Gasteiger partial charge in [0, 0.05) is 23.4 Å². The molecule has 0 aromatic carbocycles. The van der Waals surface area contributed by atoms with Crippen LogP contribution in [0.15, 0.2) is 22.4 Å². The van der Waals surface area contributed by atoms with Crippen molar-refractivity contribution in [3.63, 3.8) is 0 Å². The molecule has 0 radical (unpaired) electrons. The molecule has 0 aliphatic rings. The molecule has 2 aromatic rings. The van der Waals surface area contributed by atoms with Gasteiger partial charge in [-0.1, -0.05) is 5.92 Å². The van der Waals surface area contributed by atoms with Crippen LogP contribution in [0, 0.1) is 11.8 Å². The summed E-state index contributed by atoms with van der Waals surface area (Å²) in [5.74, 6) is 7.32. The third-order valence-electron chi connectivity index (χ3n) is 1.96. The van der Waals surface area contributed by atoms with Crippen LogP contribution in [0.2, 0.25) is 0 Å². The predicted octanol–water partition coefficient (Wildman–Crippen LogP) is 2.01. The van der Waals surface area contributed by atoms with E-state index in [9.17, 15) is 4.79 Å². The van der Waals surface area contributed by atoms with Crippen molar-refractivity contribution in [3.8, 4) is 11.8 Å². The van der Waals surface area contributed by atoms with Crippen LogP contribution in [0.4, 0.5) is 0 Å². The third-order valence-corrected chi connectivity index (χ3v) is 3.56. The largest absolute Gasteiger partial charge is 0.269 e. The van der Waals surface area contributed by atoms with E-state index in [2.05, 4.69) is 16.8 Å². The number of thiazole rings is 1. The number of nitrogens with zero attached hydrogens (tertiary/aromatic N) is 2. The van der Waals surface area contributed by atoms with Gasteiger partial charge in [-0.25, -0.2) is 4.98 Å². The summed E-state index contributed by atoms with van der Waals surface area (Å²) in [5, 5.41) is 1.86. The van der Waals surface area contributed by atoms with Crippen molar-refractivity contribution in [3.05, 3.63) is 33.7 Å². The second kappa shape index (κ2) is 5.19. The molecular weight excluding hydrogens is 240 g/mol. The Hall–Kier alpha value is -1.25. The van der Waals surface area contributed by atoms with Crippen molar-refractivity contribution in [2.24, 2.45) is 0 Å². The lowest BCUT2D eigenvalue weighted by molar-refractivity contribution is 1.04. The Kier molecular flexibility index (Phi) is 3.65. The molecule has 0 N–H and O–H groups in total. The molecular formula is C11H10N2OS2. The molecule has 0 unspecified atom stereocenters. The van der Waals surface area contributed by atoms with Gasteiger partial charge in [0.25, 0.3) is 5.56 Å². The number of hydrogen-bond donors (Lipinski definition) is 0. The molecule has 0 atom stereocenters. The van der Waals surface area contributed by atoms with Gasteiger partial charge in [-0.05, 0) is 6.92 Å². The van der Waals surface area contributed by atoms with Gasteiger partial charge in [0.05, 0.1) is 11.4 Å². The van der Waals surface area contributed by atoms with Crippen LogP contribution in [-0.4, -0.2) is 15.1 Å². The van der Waals surface area contributed by atoms with Crippen LogP contribution >= 0.6 is 23.1 Å². The second-order valence-electron chi connectivity index (χ2n) is 3.06. The number of rotatable bonds is 3. The summed E-state index contributed by atoms with van der Waals surface area (Å²) in [4.78, 5) is 16.8. The molecule has 0 amide bonds. The topological polar surface area (TPSA) is 34.4 Å². The molecule has 3 nitrogen and oxygen atoms in total. The van der Waals surface area contributed by atoms with E-state index >= 15 is 0 Å². The molecule has 0 aliphatic heterocycles. The SMILES string of the molecule is CC#CCSCc1cc(=O)n2ccsc2n1. The molecule has 0 bridgehead atoms. The first-order valence-electron chi connectivity index (χ1n) is 4.74. The minimum Gasteiger partial charge on any atom is -0.269 e. The van der Waals surface area contributed by atoms with Crippen molar-refractivity contribution in [1.82, 2.24) is 9.38 Å². The van der Waals surface area contributed by atoms with Crippen molar-refractivity contribution < 1.29 is 0 Å². The lowest BCUT2D eigenvalue weighted by atomic mass is 10.4. The number of thioether (sulfide) groups is 1. The molecule has 0 fully saturated rings. The Balaban J connectivity index is 2.17. The maximum atomic E-state index is 11.6. The first-order valence-corrected chi connectivity index (χ1v) is 6.78. The molecule has 16 heavy (non-hydrogen) atoms. The number of aromatic nitrogens is 2. The summed E-state index contributed by atoms with van der Waals surface area (Å²) >= 11 is 3.15. The lowest BCUT2D eigenvalue weighted by Gasteiger charge is -1.98. The van der Waals surface area contributed by atoms with Gasteiger partial charge < -0.3 is 0 Å². The van der Waals surface area contributed by atoms with Crippen LogP contribution in [0.25, 0.3) is 4.96 Å². The third kappa shape index (κ3) is 2.46. The zero-order chi connectivity index (χ0) is 11.4. The number of hydrogen-bond acceptors (Lipinski definition) is 4. The number of fused-ring (bicyclic) bond motifs is 1. The molecule has 0 spiro atoms. The Labute approximate surface area is 102 Å². The molecule has 2 heterocycles. The summed E-state index contributed by atoms with van der Waals surface area (Å²) < 4.78 is 1.56. The standard InChI is InChI=1S/C11H10N2OS2/c1-2-3-5-15-8-9-7-10(14)13-4-6-16-11(13)12-9/h4,6-7H,5,8H2,1H3. The Morgan fingerprint density at radius 2 is 2.50 bits per heavy atom. The van der Waals surface area contributed by atoms with Crippen molar-refractivity contribution in [2.45, 2.75) is 12.7 Å². The maximum absolute atomic E-state index is 11.6. The predicted molar refractivity (Wildman–Crippen MR) is 69.0 cm³/mol. The maximum Gasteiger partial charge on any atom is 0.258 e. The Morgan fingerprint density at radius 1 is 1.62 bits per heavy atom. The van der Waals surface area contributed by atoms with E-state index in [1.807, 2.05) is 12.3 Å². The van der Waals surface area contributed by atoms with Gasteiger partial charge >= 0.3 is 0 Å². The molecule has 0 aliphatic carbocycles. The minimum absolute atomic E-state index is 0.0107. The highest BCUT2D eigenvalue weighted by Gasteiger charge is 2.02. The Bertz CT molecular complexity index is 603. The van der Waals surface area contributed by atoms with Crippen molar-refractivity contribution >= 4 is 28.1 Å². The smallest absolute Gasteiger partial charge is 0.258 e. The molecule has 0 saturated heterocycles. The quantitative estimate of drug-likeness (QED) is 0.617. The zero-order valence-corrected chi connectivity index (χ0v) is 10.4. The van der Waals surface area contributed by atoms with Gasteiger partial charge in [0.2, 0.25) is 0 Å². The van der Waals surface area contributed by atoms with Crippen LogP contribution < -0.4 is 5.56 Å². The van der Waals surface area contributed by atoms with Crippen LogP contribution in [0.5, 0.6) is 0 Å². The lowest BCUT2D eigenvalue weighted by Crippen LogP contribution is -2.12. The zero-order valence-electron chi connectivity index (χ0n) is 8.77. The van der Waals surface area contributed by atoms with Gasteiger partial charge in [-0.15, -0.1) is 29.0 Å². The highest BCUT2D eigenvalue weighted by atomic mass is 32.2. The average Bonchev–Trinajstić information content (AvgIpc) is 2.73. The highest BCUT2D eigenvalue weighted by molar-refractivity contribution is 7.98. The van der Waals surface area contributed by atoms with E-state index in [-0.39, 0.29) is 5.56 Å². The molecule has 2 rings (SSSR count). The van der Waals surface area contributed by atoms with Crippen LogP contribution in [-0.2, 0) is 5.75 Å². The summed E-state index contributed by atoms with van der Waals surface area (Å²) in [7, 11) is 0. The minimum atomic E-state index is -0.0107. The first-order chi connectivity index (χ1) is 7.81. The van der Waals surface area contributed by atoms with E-state index in [0.717, 1.165) is 22.2 Å². The normalized spacial score (nSPS) is 10.1. The summed E-state index contributed by atoms with van der Waals surface area (Å²) in [6, 6.07) is 1.59. The van der Waals surface area contributed by atoms with Crippen LogP contribution in [0.3, 0.4) is 0 Å². The van der Waals surface area contributed by atoms with E-state index in [1.54, 1.807) is 28.4 Å². The summed E-state index contributed by atoms with van der Waals surface area (Å²) in [6.45, 7) is 1.82. The average molecular weight is 250 g/mol. The van der Waals surface area contributed by atoms with E-state index < -0.39 is 0 Å². The highest BCUT2D eigenvalue weighted by Crippen LogP contribution is 2.11. The Morgan fingerprint density at radius 3 is 3.31 bits per heavy atom. The fourth-order valence-corrected chi connectivity index (χ4v) is 2.68. The van der Waals surface area contributed by atoms with E-state index in [4.69, 9.17) is 0 Å². The van der Waals surface area contributed by atoms with Gasteiger partial charge in [-0.2, -0.15) is 0 Å². The van der Waals surface area contributed by atoms with Crippen molar-refractivity contribution in [1.29, 1.82) is 0 Å². The molecule has 0 saturated carbocycles. The summed E-state index contributed by atoms with van der Waals surface area (Å²) in [5.41, 5.74) is 0.818. The molecule has 82 valence electrons.